The Morgan fingerprint density at radius 1 is 1.33 bits per heavy atom. The summed E-state index contributed by atoms with van der Waals surface area (Å²) in [6.07, 6.45) is 0. The predicted octanol–water partition coefficient (Wildman–Crippen LogP) is 3.39. The average Bonchev–Trinajstić information content (AvgIpc) is 2.51. The van der Waals surface area contributed by atoms with Gasteiger partial charge in [-0.3, -0.25) is 4.79 Å². The SMILES string of the molecule is CCOCCN(CC)C(=O)c1cc(Cl)c2ccccc2n1. The lowest BCUT2D eigenvalue weighted by Crippen LogP contribution is -2.34. The molecule has 2 rings (SSSR count). The van der Waals surface area contributed by atoms with E-state index < -0.39 is 0 Å². The minimum absolute atomic E-state index is 0.121. The third-order valence-corrected chi connectivity index (χ3v) is 3.58. The monoisotopic (exact) mass is 306 g/mol. The van der Waals surface area contributed by atoms with Crippen molar-refractivity contribution >= 4 is 28.4 Å². The van der Waals surface area contributed by atoms with Crippen molar-refractivity contribution in [1.82, 2.24) is 9.88 Å². The Hall–Kier alpha value is -1.65. The highest BCUT2D eigenvalue weighted by molar-refractivity contribution is 6.35. The van der Waals surface area contributed by atoms with E-state index in [0.717, 1.165) is 10.9 Å². The number of amides is 1. The van der Waals surface area contributed by atoms with E-state index in [9.17, 15) is 4.79 Å². The van der Waals surface area contributed by atoms with Crippen molar-refractivity contribution in [2.75, 3.05) is 26.3 Å². The van der Waals surface area contributed by atoms with Crippen molar-refractivity contribution in [3.63, 3.8) is 0 Å². The lowest BCUT2D eigenvalue weighted by atomic mass is 10.2. The summed E-state index contributed by atoms with van der Waals surface area (Å²) in [4.78, 5) is 18.6. The van der Waals surface area contributed by atoms with Gasteiger partial charge in [-0.05, 0) is 26.0 Å². The highest BCUT2D eigenvalue weighted by Gasteiger charge is 2.17. The zero-order valence-electron chi connectivity index (χ0n) is 12.3. The molecule has 0 spiro atoms. The smallest absolute Gasteiger partial charge is 0.272 e. The molecule has 2 aromatic rings. The van der Waals surface area contributed by atoms with Crippen molar-refractivity contribution in [1.29, 1.82) is 0 Å². The Kier molecular flexibility index (Phi) is 5.53. The molecule has 0 aliphatic carbocycles. The Balaban J connectivity index is 2.25. The van der Waals surface area contributed by atoms with E-state index in [1.807, 2.05) is 38.1 Å². The number of halogens is 1. The maximum atomic E-state index is 12.5. The van der Waals surface area contributed by atoms with Gasteiger partial charge in [0.05, 0.1) is 17.1 Å². The van der Waals surface area contributed by atoms with Crippen LogP contribution in [0.15, 0.2) is 30.3 Å². The predicted molar refractivity (Wildman–Crippen MR) is 84.8 cm³/mol. The number of carbonyl (C=O) groups excluding carboxylic acids is 1. The maximum absolute atomic E-state index is 12.5. The van der Waals surface area contributed by atoms with Crippen LogP contribution in [0.3, 0.4) is 0 Å². The van der Waals surface area contributed by atoms with Gasteiger partial charge in [-0.25, -0.2) is 4.98 Å². The summed E-state index contributed by atoms with van der Waals surface area (Å²) in [6.45, 7) is 6.20. The van der Waals surface area contributed by atoms with Crippen LogP contribution in [-0.2, 0) is 4.74 Å². The molecule has 0 radical (unpaired) electrons. The van der Waals surface area contributed by atoms with Gasteiger partial charge in [-0.15, -0.1) is 0 Å². The number of fused-ring (bicyclic) bond motifs is 1. The highest BCUT2D eigenvalue weighted by atomic mass is 35.5. The summed E-state index contributed by atoms with van der Waals surface area (Å²) >= 11 is 6.25. The van der Waals surface area contributed by atoms with E-state index >= 15 is 0 Å². The molecule has 112 valence electrons. The van der Waals surface area contributed by atoms with Gasteiger partial charge in [0.15, 0.2) is 0 Å². The van der Waals surface area contributed by atoms with E-state index in [0.29, 0.717) is 37.0 Å². The molecule has 0 saturated heterocycles. The third kappa shape index (κ3) is 3.71. The van der Waals surface area contributed by atoms with Crippen LogP contribution in [0.4, 0.5) is 0 Å². The second-order valence-corrected chi connectivity index (χ2v) is 5.00. The van der Waals surface area contributed by atoms with Gasteiger partial charge in [0.25, 0.3) is 5.91 Å². The number of hydrogen-bond acceptors (Lipinski definition) is 3. The molecule has 0 bridgehead atoms. The quantitative estimate of drug-likeness (QED) is 0.768. The first-order valence-electron chi connectivity index (χ1n) is 7.09. The molecule has 0 fully saturated rings. The molecule has 21 heavy (non-hydrogen) atoms. The number of ether oxygens (including phenoxy) is 1. The van der Waals surface area contributed by atoms with Crippen LogP contribution < -0.4 is 0 Å². The second kappa shape index (κ2) is 7.38. The number of aromatic nitrogens is 1. The molecular formula is C16H19ClN2O2. The number of nitrogens with zero attached hydrogens (tertiary/aromatic N) is 2. The molecule has 1 heterocycles. The number of likely N-dealkylation sites (N-methyl/N-ethyl adjacent to an activating group) is 1. The van der Waals surface area contributed by atoms with Crippen LogP contribution in [0.5, 0.6) is 0 Å². The van der Waals surface area contributed by atoms with E-state index in [-0.39, 0.29) is 5.91 Å². The van der Waals surface area contributed by atoms with E-state index in [2.05, 4.69) is 4.98 Å². The number of rotatable bonds is 6. The van der Waals surface area contributed by atoms with Gasteiger partial charge in [0, 0.05) is 25.1 Å². The van der Waals surface area contributed by atoms with Crippen molar-refractivity contribution in [2.45, 2.75) is 13.8 Å². The van der Waals surface area contributed by atoms with Gasteiger partial charge in [-0.2, -0.15) is 0 Å². The van der Waals surface area contributed by atoms with Crippen molar-refractivity contribution < 1.29 is 9.53 Å². The van der Waals surface area contributed by atoms with Crippen LogP contribution in [0.1, 0.15) is 24.3 Å². The zero-order chi connectivity index (χ0) is 15.2. The minimum Gasteiger partial charge on any atom is -0.380 e. The molecule has 4 nitrogen and oxygen atoms in total. The minimum atomic E-state index is -0.121. The van der Waals surface area contributed by atoms with Gasteiger partial charge in [0.2, 0.25) is 0 Å². The highest BCUT2D eigenvalue weighted by Crippen LogP contribution is 2.23. The molecule has 0 N–H and O–H groups in total. The Morgan fingerprint density at radius 3 is 2.81 bits per heavy atom. The topological polar surface area (TPSA) is 42.4 Å². The maximum Gasteiger partial charge on any atom is 0.272 e. The molecule has 0 aliphatic rings. The number of carbonyl (C=O) groups is 1. The average molecular weight is 307 g/mol. The standard InChI is InChI=1S/C16H19ClN2O2/c1-3-19(9-10-21-4-2)16(20)15-11-13(17)12-7-5-6-8-14(12)18-15/h5-8,11H,3-4,9-10H2,1-2H3. The summed E-state index contributed by atoms with van der Waals surface area (Å²) < 4.78 is 5.31. The fourth-order valence-corrected chi connectivity index (χ4v) is 2.39. The van der Waals surface area contributed by atoms with Crippen LogP contribution in [0, 0.1) is 0 Å². The van der Waals surface area contributed by atoms with E-state index in [1.165, 1.54) is 0 Å². The van der Waals surface area contributed by atoms with Crippen LogP contribution in [0.25, 0.3) is 10.9 Å². The van der Waals surface area contributed by atoms with Crippen molar-refractivity contribution in [2.24, 2.45) is 0 Å². The number of para-hydroxylation sites is 1. The van der Waals surface area contributed by atoms with Crippen molar-refractivity contribution in [3.05, 3.63) is 41.0 Å². The first kappa shape index (κ1) is 15.7. The third-order valence-electron chi connectivity index (χ3n) is 3.26. The Morgan fingerprint density at radius 2 is 2.10 bits per heavy atom. The fraction of sp³-hybridized carbons (Fsp3) is 0.375. The van der Waals surface area contributed by atoms with Gasteiger partial charge in [-0.1, -0.05) is 29.8 Å². The molecule has 5 heteroatoms. The Labute approximate surface area is 129 Å². The normalized spacial score (nSPS) is 10.8. The molecular weight excluding hydrogens is 288 g/mol. The molecule has 1 amide bonds. The van der Waals surface area contributed by atoms with Gasteiger partial charge >= 0.3 is 0 Å². The van der Waals surface area contributed by atoms with Gasteiger partial charge in [0.1, 0.15) is 5.69 Å². The fourth-order valence-electron chi connectivity index (χ4n) is 2.13. The first-order chi connectivity index (χ1) is 10.2. The van der Waals surface area contributed by atoms with Crippen LogP contribution >= 0.6 is 11.6 Å². The van der Waals surface area contributed by atoms with E-state index in [4.69, 9.17) is 16.3 Å². The number of hydrogen-bond donors (Lipinski definition) is 0. The molecule has 1 aromatic carbocycles. The summed E-state index contributed by atoms with van der Waals surface area (Å²) in [5.74, 6) is -0.121. The van der Waals surface area contributed by atoms with E-state index in [1.54, 1.807) is 11.0 Å². The van der Waals surface area contributed by atoms with Crippen LogP contribution in [0.2, 0.25) is 5.02 Å². The Bertz CT molecular complexity index is 631. The zero-order valence-corrected chi connectivity index (χ0v) is 13.1. The lowest BCUT2D eigenvalue weighted by molar-refractivity contribution is 0.0664. The number of pyridine rings is 1. The molecule has 0 unspecified atom stereocenters. The summed E-state index contributed by atoms with van der Waals surface area (Å²) in [5, 5.41) is 1.40. The van der Waals surface area contributed by atoms with Crippen molar-refractivity contribution in [3.8, 4) is 0 Å². The molecule has 0 aliphatic heterocycles. The second-order valence-electron chi connectivity index (χ2n) is 4.59. The molecule has 0 saturated carbocycles. The van der Waals surface area contributed by atoms with Gasteiger partial charge < -0.3 is 9.64 Å². The lowest BCUT2D eigenvalue weighted by Gasteiger charge is -2.20. The van der Waals surface area contributed by atoms with Crippen LogP contribution in [-0.4, -0.2) is 42.1 Å². The summed E-state index contributed by atoms with van der Waals surface area (Å²) in [6, 6.07) is 9.17. The molecule has 1 aromatic heterocycles. The molecule has 0 atom stereocenters. The summed E-state index contributed by atoms with van der Waals surface area (Å²) in [5.41, 5.74) is 1.10. The summed E-state index contributed by atoms with van der Waals surface area (Å²) in [7, 11) is 0. The largest absolute Gasteiger partial charge is 0.380 e. The first-order valence-corrected chi connectivity index (χ1v) is 7.47. The number of benzene rings is 1.